The van der Waals surface area contributed by atoms with Crippen LogP contribution in [0, 0.1) is 0 Å². The van der Waals surface area contributed by atoms with Crippen molar-refractivity contribution in [2.75, 3.05) is 19.6 Å². The Hall–Kier alpha value is -0.770. The van der Waals surface area contributed by atoms with Crippen molar-refractivity contribution in [3.05, 3.63) is 33.8 Å². The summed E-state index contributed by atoms with van der Waals surface area (Å²) < 4.78 is 0. The number of hydrogen-bond acceptors (Lipinski definition) is 2. The lowest BCUT2D eigenvalue weighted by Gasteiger charge is -2.36. The van der Waals surface area contributed by atoms with Crippen molar-refractivity contribution in [3.63, 3.8) is 0 Å². The Balaban J connectivity index is 1.56. The number of amides is 1. The first-order chi connectivity index (χ1) is 10.1. The van der Waals surface area contributed by atoms with E-state index >= 15 is 0 Å². The van der Waals surface area contributed by atoms with Gasteiger partial charge in [-0.3, -0.25) is 9.69 Å². The molecule has 1 aromatic rings. The first-order valence-electron chi connectivity index (χ1n) is 7.59. The third-order valence-corrected chi connectivity index (χ3v) is 5.11. The molecule has 0 unspecified atom stereocenters. The van der Waals surface area contributed by atoms with E-state index in [1.165, 1.54) is 0 Å². The van der Waals surface area contributed by atoms with Crippen LogP contribution in [-0.2, 0) is 11.3 Å². The molecule has 3 nitrogen and oxygen atoms in total. The maximum Gasteiger partial charge on any atom is 0.222 e. The lowest BCUT2D eigenvalue weighted by atomic mass is 10.0. The van der Waals surface area contributed by atoms with Crippen LogP contribution in [0.2, 0.25) is 10.0 Å². The van der Waals surface area contributed by atoms with E-state index in [1.54, 1.807) is 0 Å². The van der Waals surface area contributed by atoms with E-state index in [4.69, 9.17) is 23.2 Å². The largest absolute Gasteiger partial charge is 0.340 e. The number of carbonyl (C=O) groups is 1. The minimum absolute atomic E-state index is 0.339. The molecule has 2 aliphatic heterocycles. The number of carbonyl (C=O) groups excluding carboxylic acids is 1. The van der Waals surface area contributed by atoms with Gasteiger partial charge in [0.15, 0.2) is 0 Å². The second-order valence-corrected chi connectivity index (χ2v) is 6.78. The van der Waals surface area contributed by atoms with Crippen LogP contribution in [0.1, 0.15) is 31.2 Å². The molecule has 2 heterocycles. The van der Waals surface area contributed by atoms with Crippen molar-refractivity contribution in [3.8, 4) is 0 Å². The van der Waals surface area contributed by atoms with E-state index in [1.807, 2.05) is 18.2 Å². The van der Waals surface area contributed by atoms with Gasteiger partial charge in [-0.1, -0.05) is 23.2 Å². The van der Waals surface area contributed by atoms with Crippen molar-refractivity contribution < 1.29 is 4.79 Å². The molecule has 3 rings (SSSR count). The second-order valence-electron chi connectivity index (χ2n) is 5.93. The van der Waals surface area contributed by atoms with E-state index in [0.29, 0.717) is 11.9 Å². The van der Waals surface area contributed by atoms with Crippen molar-refractivity contribution in [2.45, 2.75) is 38.3 Å². The molecule has 0 spiro atoms. The number of rotatable bonds is 3. The quantitative estimate of drug-likeness (QED) is 0.847. The molecule has 0 N–H and O–H groups in total. The molecule has 1 aromatic carbocycles. The maximum atomic E-state index is 11.8. The minimum Gasteiger partial charge on any atom is -0.340 e. The number of benzene rings is 1. The molecular weight excluding hydrogens is 307 g/mol. The topological polar surface area (TPSA) is 23.6 Å². The minimum atomic E-state index is 0.339. The summed E-state index contributed by atoms with van der Waals surface area (Å²) in [6, 6.07) is 6.05. The Bertz CT molecular complexity index is 527. The molecule has 2 fully saturated rings. The van der Waals surface area contributed by atoms with Crippen molar-refractivity contribution in [1.82, 2.24) is 9.80 Å². The molecule has 5 heteroatoms. The van der Waals surface area contributed by atoms with Crippen LogP contribution in [0.3, 0.4) is 0 Å². The molecule has 0 saturated carbocycles. The lowest BCUT2D eigenvalue weighted by Crippen LogP contribution is -2.45. The molecule has 2 saturated heterocycles. The molecule has 0 atom stereocenters. The zero-order valence-corrected chi connectivity index (χ0v) is 13.5. The summed E-state index contributed by atoms with van der Waals surface area (Å²) in [5.41, 5.74) is 1.08. The van der Waals surface area contributed by atoms with Crippen molar-refractivity contribution in [1.29, 1.82) is 0 Å². The average molecular weight is 327 g/mol. The summed E-state index contributed by atoms with van der Waals surface area (Å²) in [5.74, 6) is 0.339. The van der Waals surface area contributed by atoms with Gasteiger partial charge in [-0.15, -0.1) is 0 Å². The number of hydrogen-bond donors (Lipinski definition) is 0. The van der Waals surface area contributed by atoms with Crippen LogP contribution < -0.4 is 0 Å². The standard InChI is InChI=1S/C16H20Cl2N2O/c17-13-3-4-15(18)12(10-13)11-19-8-5-14(6-9-19)20-7-1-2-16(20)21/h3-4,10,14H,1-2,5-9,11H2. The fourth-order valence-electron chi connectivity index (χ4n) is 3.35. The molecule has 0 aliphatic carbocycles. The van der Waals surface area contributed by atoms with Gasteiger partial charge in [-0.05, 0) is 43.0 Å². The van der Waals surface area contributed by atoms with E-state index in [2.05, 4.69) is 9.80 Å². The van der Waals surface area contributed by atoms with Crippen molar-refractivity contribution >= 4 is 29.1 Å². The first-order valence-corrected chi connectivity index (χ1v) is 8.35. The maximum absolute atomic E-state index is 11.8. The third kappa shape index (κ3) is 3.53. The molecule has 21 heavy (non-hydrogen) atoms. The Morgan fingerprint density at radius 3 is 2.57 bits per heavy atom. The van der Waals surface area contributed by atoms with Gasteiger partial charge < -0.3 is 4.90 Å². The number of halogens is 2. The molecule has 0 aromatic heterocycles. The molecule has 0 bridgehead atoms. The Morgan fingerprint density at radius 2 is 1.90 bits per heavy atom. The Kier molecular flexibility index (Phi) is 4.72. The van der Waals surface area contributed by atoms with Gasteiger partial charge in [-0.2, -0.15) is 0 Å². The number of piperidine rings is 1. The molecule has 1 amide bonds. The summed E-state index contributed by atoms with van der Waals surface area (Å²) in [7, 11) is 0. The summed E-state index contributed by atoms with van der Waals surface area (Å²) in [5, 5.41) is 1.50. The fraction of sp³-hybridized carbons (Fsp3) is 0.562. The lowest BCUT2D eigenvalue weighted by molar-refractivity contribution is -0.130. The van der Waals surface area contributed by atoms with Crippen LogP contribution in [-0.4, -0.2) is 41.4 Å². The SMILES string of the molecule is O=C1CCCN1C1CCN(Cc2cc(Cl)ccc2Cl)CC1. The molecular formula is C16H20Cl2N2O. The smallest absolute Gasteiger partial charge is 0.222 e. The van der Waals surface area contributed by atoms with E-state index in [9.17, 15) is 4.79 Å². The predicted molar refractivity (Wildman–Crippen MR) is 85.7 cm³/mol. The molecule has 0 radical (unpaired) electrons. The summed E-state index contributed by atoms with van der Waals surface area (Å²) in [4.78, 5) is 16.3. The zero-order valence-electron chi connectivity index (χ0n) is 12.0. The van der Waals surface area contributed by atoms with E-state index < -0.39 is 0 Å². The van der Waals surface area contributed by atoms with Gasteiger partial charge in [0.2, 0.25) is 5.91 Å². The van der Waals surface area contributed by atoms with E-state index in [-0.39, 0.29) is 0 Å². The highest BCUT2D eigenvalue weighted by molar-refractivity contribution is 6.33. The highest BCUT2D eigenvalue weighted by atomic mass is 35.5. The highest BCUT2D eigenvalue weighted by Crippen LogP contribution is 2.26. The summed E-state index contributed by atoms with van der Waals surface area (Å²) >= 11 is 12.3. The average Bonchev–Trinajstić information content (AvgIpc) is 2.90. The molecule has 2 aliphatic rings. The highest BCUT2D eigenvalue weighted by Gasteiger charge is 2.30. The third-order valence-electron chi connectivity index (χ3n) is 4.51. The van der Waals surface area contributed by atoms with Gasteiger partial charge in [0, 0.05) is 48.7 Å². The summed E-state index contributed by atoms with van der Waals surface area (Å²) in [6.07, 6.45) is 3.88. The van der Waals surface area contributed by atoms with Crippen molar-refractivity contribution in [2.24, 2.45) is 0 Å². The van der Waals surface area contributed by atoms with Crippen LogP contribution in [0.15, 0.2) is 18.2 Å². The Labute approximate surface area is 135 Å². The summed E-state index contributed by atoms with van der Waals surface area (Å²) in [6.45, 7) is 3.80. The van der Waals surface area contributed by atoms with Gasteiger partial charge >= 0.3 is 0 Å². The van der Waals surface area contributed by atoms with Gasteiger partial charge in [0.05, 0.1) is 0 Å². The van der Waals surface area contributed by atoms with Crippen LogP contribution >= 0.6 is 23.2 Å². The predicted octanol–water partition coefficient (Wildman–Crippen LogP) is 3.58. The normalized spacial score (nSPS) is 21.2. The van der Waals surface area contributed by atoms with E-state index in [0.717, 1.165) is 67.5 Å². The number of nitrogens with zero attached hydrogens (tertiary/aromatic N) is 2. The monoisotopic (exact) mass is 326 g/mol. The van der Waals surface area contributed by atoms with Crippen LogP contribution in [0.5, 0.6) is 0 Å². The van der Waals surface area contributed by atoms with Gasteiger partial charge in [0.25, 0.3) is 0 Å². The second kappa shape index (κ2) is 6.55. The van der Waals surface area contributed by atoms with Gasteiger partial charge in [-0.25, -0.2) is 0 Å². The van der Waals surface area contributed by atoms with Crippen LogP contribution in [0.25, 0.3) is 0 Å². The van der Waals surface area contributed by atoms with Gasteiger partial charge in [0.1, 0.15) is 0 Å². The Morgan fingerprint density at radius 1 is 1.14 bits per heavy atom. The molecule has 114 valence electrons. The first kappa shape index (κ1) is 15.1. The van der Waals surface area contributed by atoms with Crippen LogP contribution in [0.4, 0.5) is 0 Å². The zero-order chi connectivity index (χ0) is 14.8. The number of likely N-dealkylation sites (tertiary alicyclic amines) is 2. The fourth-order valence-corrected chi connectivity index (χ4v) is 3.72.